The van der Waals surface area contributed by atoms with E-state index in [9.17, 15) is 4.79 Å². The third-order valence-corrected chi connectivity index (χ3v) is 5.27. The van der Waals surface area contributed by atoms with Gasteiger partial charge in [-0.3, -0.25) is 4.79 Å². The van der Waals surface area contributed by atoms with Crippen LogP contribution < -0.4 is 4.74 Å². The van der Waals surface area contributed by atoms with Crippen molar-refractivity contribution in [1.82, 2.24) is 14.8 Å². The minimum Gasteiger partial charge on any atom is -0.483 e. The lowest BCUT2D eigenvalue weighted by Gasteiger charge is -2.15. The summed E-state index contributed by atoms with van der Waals surface area (Å²) in [5.41, 5.74) is 1.28. The fourth-order valence-corrected chi connectivity index (χ4v) is 3.34. The van der Waals surface area contributed by atoms with Gasteiger partial charge in [-0.2, -0.15) is 0 Å². The second-order valence-electron chi connectivity index (χ2n) is 6.58. The number of ether oxygens (including phenoxy) is 1. The first-order valence-corrected chi connectivity index (χ1v) is 9.15. The number of thioether (sulfide) groups is 1. The van der Waals surface area contributed by atoms with Gasteiger partial charge in [0.2, 0.25) is 0 Å². The Morgan fingerprint density at radius 1 is 1.21 bits per heavy atom. The van der Waals surface area contributed by atoms with Gasteiger partial charge in [0, 0.05) is 13.0 Å². The molecule has 1 aliphatic carbocycles. The third kappa shape index (κ3) is 3.80. The summed E-state index contributed by atoms with van der Waals surface area (Å²) in [4.78, 5) is 11.9. The molecule has 0 radical (unpaired) electrons. The summed E-state index contributed by atoms with van der Waals surface area (Å²) in [5.74, 6) is 2.23. The van der Waals surface area contributed by atoms with E-state index in [0.29, 0.717) is 16.9 Å². The molecule has 1 fully saturated rings. The number of hydrogen-bond donors (Lipinski definition) is 0. The van der Waals surface area contributed by atoms with Gasteiger partial charge in [-0.15, -0.1) is 10.2 Å². The molecule has 5 nitrogen and oxygen atoms in total. The van der Waals surface area contributed by atoms with Crippen molar-refractivity contribution < 1.29 is 9.53 Å². The normalized spacial score (nSPS) is 15.5. The van der Waals surface area contributed by atoms with Gasteiger partial charge in [-0.05, 0) is 55.1 Å². The van der Waals surface area contributed by atoms with E-state index in [1.807, 2.05) is 30.7 Å². The molecule has 0 saturated heterocycles. The lowest BCUT2D eigenvalue weighted by molar-refractivity contribution is -0.112. The van der Waals surface area contributed by atoms with Crippen molar-refractivity contribution in [2.24, 2.45) is 13.0 Å². The molecule has 1 saturated carbocycles. The Morgan fingerprint density at radius 2 is 1.88 bits per heavy atom. The summed E-state index contributed by atoms with van der Waals surface area (Å²) >= 11 is 1.19. The van der Waals surface area contributed by atoms with Crippen LogP contribution in [0.4, 0.5) is 0 Å². The van der Waals surface area contributed by atoms with Crippen LogP contribution in [0.25, 0.3) is 0 Å². The first kappa shape index (κ1) is 17.0. The van der Waals surface area contributed by atoms with E-state index in [0.717, 1.165) is 18.6 Å². The van der Waals surface area contributed by atoms with Crippen molar-refractivity contribution >= 4 is 16.9 Å². The van der Waals surface area contributed by atoms with Crippen molar-refractivity contribution in [3.8, 4) is 5.75 Å². The van der Waals surface area contributed by atoms with Crippen molar-refractivity contribution in [3.05, 3.63) is 35.7 Å². The van der Waals surface area contributed by atoms with Crippen LogP contribution in [0.3, 0.4) is 0 Å². The summed E-state index contributed by atoms with van der Waals surface area (Å²) in [5, 5.41) is 9.17. The van der Waals surface area contributed by atoms with Crippen LogP contribution in [0.1, 0.15) is 57.0 Å². The maximum atomic E-state index is 11.9. The third-order valence-electron chi connectivity index (χ3n) is 4.19. The molecule has 0 spiro atoms. The molecule has 0 bridgehead atoms. The Balaban J connectivity index is 1.67. The van der Waals surface area contributed by atoms with E-state index in [1.54, 1.807) is 0 Å². The molecule has 1 heterocycles. The predicted molar refractivity (Wildman–Crippen MR) is 94.2 cm³/mol. The lowest BCUT2D eigenvalue weighted by Crippen LogP contribution is -2.10. The zero-order valence-electron chi connectivity index (χ0n) is 14.5. The van der Waals surface area contributed by atoms with E-state index >= 15 is 0 Å². The summed E-state index contributed by atoms with van der Waals surface area (Å²) in [6, 6.07) is 8.13. The van der Waals surface area contributed by atoms with Crippen LogP contribution in [0, 0.1) is 5.92 Å². The fraction of sp³-hybridized carbons (Fsp3) is 0.500. The summed E-state index contributed by atoms with van der Waals surface area (Å²) < 4.78 is 7.82. The predicted octanol–water partition coefficient (Wildman–Crippen LogP) is 4.11. The van der Waals surface area contributed by atoms with Gasteiger partial charge in [0.15, 0.2) is 22.2 Å². The lowest BCUT2D eigenvalue weighted by atomic mass is 10.0. The Hall–Kier alpha value is -1.82. The average Bonchev–Trinajstić information content (AvgIpc) is 3.34. The summed E-state index contributed by atoms with van der Waals surface area (Å²) in [6.45, 7) is 6.28. The molecule has 0 amide bonds. The molecule has 128 valence electrons. The number of carbonyl (C=O) groups excluding carboxylic acids is 1. The second kappa shape index (κ2) is 6.97. The first-order valence-electron chi connectivity index (χ1n) is 8.33. The standard InChI is InChI=1S/C18H23N3O2S/c1-11(2)13-7-9-15(10-8-13)23-12(3)16-19-20-18(21(16)4)24-17(22)14-5-6-14/h7-12,14H,5-6H2,1-4H3/t12-/m0/s1. The topological polar surface area (TPSA) is 57.0 Å². The minimum atomic E-state index is -0.238. The Labute approximate surface area is 146 Å². The Morgan fingerprint density at radius 3 is 2.46 bits per heavy atom. The van der Waals surface area contributed by atoms with Gasteiger partial charge in [-0.25, -0.2) is 0 Å². The van der Waals surface area contributed by atoms with Crippen LogP contribution in [0.2, 0.25) is 0 Å². The number of rotatable bonds is 6. The number of carbonyl (C=O) groups is 1. The molecule has 1 aromatic carbocycles. The van der Waals surface area contributed by atoms with E-state index in [4.69, 9.17) is 4.74 Å². The highest BCUT2D eigenvalue weighted by atomic mass is 32.2. The Kier molecular flexibility index (Phi) is 4.94. The molecular formula is C18H23N3O2S. The Bertz CT molecular complexity index is 720. The number of nitrogens with zero attached hydrogens (tertiary/aromatic N) is 3. The van der Waals surface area contributed by atoms with Crippen LogP contribution in [0.15, 0.2) is 29.4 Å². The molecule has 1 aliphatic rings. The maximum Gasteiger partial charge on any atom is 0.199 e. The van der Waals surface area contributed by atoms with E-state index < -0.39 is 0 Å². The molecule has 0 N–H and O–H groups in total. The van der Waals surface area contributed by atoms with Crippen LogP contribution in [-0.4, -0.2) is 19.9 Å². The van der Waals surface area contributed by atoms with E-state index in [-0.39, 0.29) is 17.1 Å². The van der Waals surface area contributed by atoms with Crippen molar-refractivity contribution in [2.75, 3.05) is 0 Å². The quantitative estimate of drug-likeness (QED) is 0.738. The second-order valence-corrected chi connectivity index (χ2v) is 7.55. The van der Waals surface area contributed by atoms with Crippen LogP contribution in [-0.2, 0) is 11.8 Å². The zero-order chi connectivity index (χ0) is 17.3. The first-order chi connectivity index (χ1) is 11.5. The molecule has 1 atom stereocenters. The van der Waals surface area contributed by atoms with Gasteiger partial charge in [0.05, 0.1) is 0 Å². The number of hydrogen-bond acceptors (Lipinski definition) is 5. The van der Waals surface area contributed by atoms with Crippen molar-refractivity contribution in [2.45, 2.75) is 50.8 Å². The van der Waals surface area contributed by atoms with Gasteiger partial charge in [0.1, 0.15) is 5.75 Å². The summed E-state index contributed by atoms with van der Waals surface area (Å²) in [6.07, 6.45) is 1.77. The molecule has 0 aliphatic heterocycles. The monoisotopic (exact) mass is 345 g/mol. The number of aromatic nitrogens is 3. The van der Waals surface area contributed by atoms with Crippen molar-refractivity contribution in [3.63, 3.8) is 0 Å². The molecule has 2 aromatic rings. The highest BCUT2D eigenvalue weighted by molar-refractivity contribution is 8.13. The van der Waals surface area contributed by atoms with Gasteiger partial charge < -0.3 is 9.30 Å². The molecule has 0 unspecified atom stereocenters. The van der Waals surface area contributed by atoms with E-state index in [1.165, 1.54) is 17.3 Å². The molecule has 24 heavy (non-hydrogen) atoms. The van der Waals surface area contributed by atoms with Gasteiger partial charge in [-0.1, -0.05) is 26.0 Å². The zero-order valence-corrected chi connectivity index (χ0v) is 15.3. The van der Waals surface area contributed by atoms with Gasteiger partial charge >= 0.3 is 0 Å². The SMILES string of the molecule is CC(C)c1ccc(O[C@@H](C)c2nnc(SC(=O)C3CC3)n2C)cc1. The molecule has 3 rings (SSSR count). The van der Waals surface area contributed by atoms with Crippen LogP contribution >= 0.6 is 11.8 Å². The fourth-order valence-electron chi connectivity index (χ4n) is 2.45. The molecular weight excluding hydrogens is 322 g/mol. The van der Waals surface area contributed by atoms with E-state index in [2.05, 4.69) is 36.2 Å². The maximum absolute atomic E-state index is 11.9. The molecule has 1 aromatic heterocycles. The smallest absolute Gasteiger partial charge is 0.199 e. The molecule has 6 heteroatoms. The largest absolute Gasteiger partial charge is 0.483 e. The van der Waals surface area contributed by atoms with Gasteiger partial charge in [0.25, 0.3) is 0 Å². The van der Waals surface area contributed by atoms with Crippen molar-refractivity contribution in [1.29, 1.82) is 0 Å². The summed E-state index contributed by atoms with van der Waals surface area (Å²) in [7, 11) is 1.87. The number of benzene rings is 1. The highest BCUT2D eigenvalue weighted by Crippen LogP contribution is 2.36. The minimum absolute atomic E-state index is 0.190. The average molecular weight is 345 g/mol. The highest BCUT2D eigenvalue weighted by Gasteiger charge is 2.31. The van der Waals surface area contributed by atoms with Crippen LogP contribution in [0.5, 0.6) is 5.75 Å².